The van der Waals surface area contributed by atoms with Crippen LogP contribution >= 0.6 is 11.8 Å². The van der Waals surface area contributed by atoms with Gasteiger partial charge in [-0.2, -0.15) is 0 Å². The van der Waals surface area contributed by atoms with Gasteiger partial charge in [0, 0.05) is 33.1 Å². The Kier molecular flexibility index (Phi) is 9.34. The second kappa shape index (κ2) is 11.7. The predicted octanol–water partition coefficient (Wildman–Crippen LogP) is 3.52. The molecule has 28 heavy (non-hydrogen) atoms. The van der Waals surface area contributed by atoms with E-state index in [0.717, 1.165) is 55.8 Å². The molecule has 1 aromatic carbocycles. The second-order valence-electron chi connectivity index (χ2n) is 7.19. The molecule has 0 aliphatic rings. The molecule has 0 fully saturated rings. The van der Waals surface area contributed by atoms with Gasteiger partial charge in [0.2, 0.25) is 0 Å². The van der Waals surface area contributed by atoms with E-state index >= 15 is 0 Å². The van der Waals surface area contributed by atoms with Crippen LogP contribution in [0, 0.1) is 5.92 Å². The first kappa shape index (κ1) is 22.3. The number of thioether (sulfide) groups is 1. The van der Waals surface area contributed by atoms with Crippen LogP contribution in [0.2, 0.25) is 0 Å². The number of aryl methyl sites for hydroxylation is 2. The van der Waals surface area contributed by atoms with Crippen molar-refractivity contribution in [3.8, 4) is 0 Å². The summed E-state index contributed by atoms with van der Waals surface area (Å²) >= 11 is 1.66. The molecule has 0 unspecified atom stereocenters. The first-order chi connectivity index (χ1) is 13.6. The quantitative estimate of drug-likeness (QED) is 0.275. The van der Waals surface area contributed by atoms with E-state index in [1.165, 1.54) is 11.1 Å². The molecule has 0 aliphatic heterocycles. The van der Waals surface area contributed by atoms with Gasteiger partial charge >= 0.3 is 0 Å². The second-order valence-corrected chi connectivity index (χ2v) is 7.96. The fourth-order valence-corrected chi connectivity index (χ4v) is 3.65. The molecule has 2 N–H and O–H groups in total. The van der Waals surface area contributed by atoms with Crippen LogP contribution in [0.1, 0.15) is 44.1 Å². The lowest BCUT2D eigenvalue weighted by atomic mass is 10.1. The number of nitrogens with zero attached hydrogens (tertiary/aromatic N) is 4. The van der Waals surface area contributed by atoms with Gasteiger partial charge in [0.05, 0.1) is 0 Å². The summed E-state index contributed by atoms with van der Waals surface area (Å²) in [7, 11) is 1.81. The Balaban J connectivity index is 1.81. The van der Waals surface area contributed by atoms with Crippen LogP contribution in [0.4, 0.5) is 0 Å². The number of guanidine groups is 1. The normalized spacial score (nSPS) is 11.9. The molecule has 0 bridgehead atoms. The van der Waals surface area contributed by atoms with E-state index in [0.29, 0.717) is 5.92 Å². The van der Waals surface area contributed by atoms with Crippen LogP contribution < -0.4 is 10.6 Å². The van der Waals surface area contributed by atoms with Gasteiger partial charge in [-0.3, -0.25) is 4.99 Å². The Morgan fingerprint density at radius 1 is 1.18 bits per heavy atom. The van der Waals surface area contributed by atoms with Gasteiger partial charge in [0.1, 0.15) is 5.82 Å². The molecular formula is C21H34N6S. The third-order valence-corrected chi connectivity index (χ3v) is 5.23. The minimum atomic E-state index is 0.577. The topological polar surface area (TPSA) is 67.1 Å². The highest BCUT2D eigenvalue weighted by Gasteiger charge is 2.12. The van der Waals surface area contributed by atoms with E-state index < -0.39 is 0 Å². The summed E-state index contributed by atoms with van der Waals surface area (Å²) in [5, 5.41) is 16.5. The monoisotopic (exact) mass is 402 g/mol. The number of rotatable bonds is 10. The highest BCUT2D eigenvalue weighted by atomic mass is 32.2. The highest BCUT2D eigenvalue weighted by Crippen LogP contribution is 2.16. The lowest BCUT2D eigenvalue weighted by molar-refractivity contribution is 0.477. The minimum absolute atomic E-state index is 0.577. The molecule has 7 heteroatoms. The number of hydrogen-bond acceptors (Lipinski definition) is 4. The summed E-state index contributed by atoms with van der Waals surface area (Å²) in [4.78, 5) is 4.34. The molecule has 154 valence electrons. The van der Waals surface area contributed by atoms with Crippen molar-refractivity contribution in [2.24, 2.45) is 10.9 Å². The zero-order valence-electron chi connectivity index (χ0n) is 17.8. The van der Waals surface area contributed by atoms with Gasteiger partial charge in [0.25, 0.3) is 0 Å². The number of aromatic nitrogens is 3. The molecule has 0 saturated heterocycles. The average Bonchev–Trinajstić information content (AvgIpc) is 3.08. The molecule has 0 spiro atoms. The van der Waals surface area contributed by atoms with Crippen molar-refractivity contribution in [1.29, 1.82) is 0 Å². The fourth-order valence-electron chi connectivity index (χ4n) is 3.13. The molecule has 0 saturated carbocycles. The average molecular weight is 403 g/mol. The number of nitrogens with one attached hydrogen (secondary N) is 2. The summed E-state index contributed by atoms with van der Waals surface area (Å²) < 4.78 is 2.25. The van der Waals surface area contributed by atoms with Gasteiger partial charge in [-0.15, -0.1) is 10.2 Å². The van der Waals surface area contributed by atoms with Crippen LogP contribution in [0.25, 0.3) is 0 Å². The lowest BCUT2D eigenvalue weighted by Crippen LogP contribution is -2.37. The van der Waals surface area contributed by atoms with Crippen molar-refractivity contribution in [3.63, 3.8) is 0 Å². The van der Waals surface area contributed by atoms with E-state index in [1.54, 1.807) is 11.8 Å². The van der Waals surface area contributed by atoms with Crippen LogP contribution in [-0.4, -0.2) is 40.6 Å². The Morgan fingerprint density at radius 2 is 1.93 bits per heavy atom. The van der Waals surface area contributed by atoms with Crippen LogP contribution in [0.15, 0.2) is 34.4 Å². The zero-order valence-corrected chi connectivity index (χ0v) is 18.6. The molecule has 1 heterocycles. The molecule has 0 amide bonds. The molecule has 0 radical (unpaired) electrons. The van der Waals surface area contributed by atoms with Crippen molar-refractivity contribution in [2.75, 3.05) is 19.8 Å². The van der Waals surface area contributed by atoms with Gasteiger partial charge in [-0.1, -0.05) is 56.8 Å². The molecule has 0 aliphatic carbocycles. The predicted molar refractivity (Wildman–Crippen MR) is 119 cm³/mol. The summed E-state index contributed by atoms with van der Waals surface area (Å²) in [6, 6.07) is 8.53. The van der Waals surface area contributed by atoms with Crippen LogP contribution in [-0.2, 0) is 25.9 Å². The van der Waals surface area contributed by atoms with Crippen molar-refractivity contribution >= 4 is 17.7 Å². The van der Waals surface area contributed by atoms with E-state index in [1.807, 2.05) is 7.05 Å². The minimum Gasteiger partial charge on any atom is -0.356 e. The smallest absolute Gasteiger partial charge is 0.191 e. The van der Waals surface area contributed by atoms with Crippen molar-refractivity contribution in [3.05, 3.63) is 41.2 Å². The Labute approximate surface area is 173 Å². The molecular weight excluding hydrogens is 368 g/mol. The van der Waals surface area contributed by atoms with E-state index in [9.17, 15) is 0 Å². The maximum absolute atomic E-state index is 4.39. The molecule has 6 nitrogen and oxygen atoms in total. The Morgan fingerprint density at radius 3 is 2.57 bits per heavy atom. The van der Waals surface area contributed by atoms with Gasteiger partial charge in [-0.25, -0.2) is 0 Å². The lowest BCUT2D eigenvalue weighted by Gasteiger charge is -2.14. The van der Waals surface area contributed by atoms with E-state index in [2.05, 4.69) is 81.7 Å². The summed E-state index contributed by atoms with van der Waals surface area (Å²) in [6.07, 6.45) is 4.98. The third-order valence-electron chi connectivity index (χ3n) is 4.56. The molecule has 1 aromatic heterocycles. The summed E-state index contributed by atoms with van der Waals surface area (Å²) in [5.74, 6) is 2.48. The van der Waals surface area contributed by atoms with Crippen LogP contribution in [0.3, 0.4) is 0 Å². The van der Waals surface area contributed by atoms with E-state index in [4.69, 9.17) is 0 Å². The maximum Gasteiger partial charge on any atom is 0.191 e. The Hall–Kier alpha value is -2.02. The SMILES string of the molecule is CCc1ccccc1CNC(=NC)NCCCc1nnc(SC)n1CC(C)C. The first-order valence-corrected chi connectivity index (χ1v) is 11.3. The Bertz CT molecular complexity index is 753. The fraction of sp³-hybridized carbons (Fsp3) is 0.571. The van der Waals surface area contributed by atoms with Crippen molar-refractivity contribution in [2.45, 2.75) is 58.3 Å². The van der Waals surface area contributed by atoms with Crippen molar-refractivity contribution < 1.29 is 0 Å². The van der Waals surface area contributed by atoms with Gasteiger partial charge < -0.3 is 15.2 Å². The first-order valence-electron chi connectivity index (χ1n) is 10.1. The summed E-state index contributed by atoms with van der Waals surface area (Å²) in [5.41, 5.74) is 2.69. The van der Waals surface area contributed by atoms with E-state index in [-0.39, 0.29) is 0 Å². The van der Waals surface area contributed by atoms with Gasteiger partial charge in [0.15, 0.2) is 11.1 Å². The third kappa shape index (κ3) is 6.55. The molecule has 2 aromatic rings. The van der Waals surface area contributed by atoms with Gasteiger partial charge in [-0.05, 0) is 36.1 Å². The largest absolute Gasteiger partial charge is 0.356 e. The van der Waals surface area contributed by atoms with Crippen LogP contribution in [0.5, 0.6) is 0 Å². The highest BCUT2D eigenvalue weighted by molar-refractivity contribution is 7.98. The molecule has 0 atom stereocenters. The summed E-state index contributed by atoms with van der Waals surface area (Å²) in [6.45, 7) is 9.23. The zero-order chi connectivity index (χ0) is 20.4. The number of benzene rings is 1. The number of aliphatic imine (C=N–C) groups is 1. The van der Waals surface area contributed by atoms with Crippen molar-refractivity contribution in [1.82, 2.24) is 25.4 Å². The molecule has 2 rings (SSSR count). The maximum atomic E-state index is 4.39. The number of hydrogen-bond donors (Lipinski definition) is 2. The standard InChI is InChI=1S/C21H34N6S/c1-6-17-10-7-8-11-18(17)14-24-20(22-4)23-13-9-12-19-25-26-21(28-5)27(19)15-16(2)3/h7-8,10-11,16H,6,9,12-15H2,1-5H3,(H2,22,23,24).